The van der Waals surface area contributed by atoms with E-state index in [2.05, 4.69) is 50.9 Å². The predicted octanol–water partition coefficient (Wildman–Crippen LogP) is 4.11. The number of aromatic nitrogens is 1. The van der Waals surface area contributed by atoms with E-state index in [4.69, 9.17) is 14.0 Å². The average Bonchev–Trinajstić information content (AvgIpc) is 2.87. The molecule has 27 heavy (non-hydrogen) atoms. The Balaban J connectivity index is 1.75. The molecule has 0 unspecified atom stereocenters. The number of ether oxygens (including phenoxy) is 1. The van der Waals surface area contributed by atoms with Crippen LogP contribution in [0.2, 0.25) is 0 Å². The Labute approximate surface area is 160 Å². The van der Waals surface area contributed by atoms with Gasteiger partial charge in [-0.15, -0.1) is 0 Å². The van der Waals surface area contributed by atoms with Crippen molar-refractivity contribution in [1.29, 1.82) is 0 Å². The van der Waals surface area contributed by atoms with Gasteiger partial charge in [0.15, 0.2) is 0 Å². The molecule has 2 aromatic carbocycles. The third-order valence-corrected chi connectivity index (χ3v) is 5.56. The summed E-state index contributed by atoms with van der Waals surface area (Å²) in [4.78, 5) is 4.06. The third-order valence-electron chi connectivity index (χ3n) is 5.56. The van der Waals surface area contributed by atoms with Crippen molar-refractivity contribution >= 4 is 23.4 Å². The smallest absolute Gasteiger partial charge is 0.489 e. The average molecular weight is 361 g/mol. The second-order valence-electron chi connectivity index (χ2n) is 7.93. The molecule has 0 spiro atoms. The van der Waals surface area contributed by atoms with Crippen molar-refractivity contribution in [2.24, 2.45) is 0 Å². The van der Waals surface area contributed by atoms with Crippen LogP contribution >= 0.6 is 0 Å². The molecule has 138 valence electrons. The van der Waals surface area contributed by atoms with Gasteiger partial charge < -0.3 is 14.0 Å². The first kappa shape index (κ1) is 18.0. The lowest BCUT2D eigenvalue weighted by molar-refractivity contribution is 0.00578. The first-order valence-electron chi connectivity index (χ1n) is 9.26. The van der Waals surface area contributed by atoms with Crippen molar-refractivity contribution in [3.63, 3.8) is 0 Å². The highest BCUT2D eigenvalue weighted by molar-refractivity contribution is 6.66. The van der Waals surface area contributed by atoms with Crippen LogP contribution in [-0.2, 0) is 15.9 Å². The standard InChI is InChI=1S/C22H24BNO3/c1-21(2)22(3,4)27-23(26-21)20-18-8-6-5-7-17(18)9-10-19(20)25-15-16-11-13-24-14-12-16/h5-14H,15H2,1-4H3. The molecular formula is C22H24BNO3. The summed E-state index contributed by atoms with van der Waals surface area (Å²) in [5.74, 6) is 0.781. The first-order valence-corrected chi connectivity index (χ1v) is 9.26. The van der Waals surface area contributed by atoms with Gasteiger partial charge in [-0.25, -0.2) is 0 Å². The van der Waals surface area contributed by atoms with Crippen LogP contribution < -0.4 is 10.2 Å². The van der Waals surface area contributed by atoms with Gasteiger partial charge in [-0.2, -0.15) is 0 Å². The molecule has 0 amide bonds. The molecule has 3 aromatic rings. The fourth-order valence-corrected chi connectivity index (χ4v) is 3.25. The zero-order valence-corrected chi connectivity index (χ0v) is 16.2. The molecule has 1 aromatic heterocycles. The summed E-state index contributed by atoms with van der Waals surface area (Å²) >= 11 is 0. The van der Waals surface area contributed by atoms with Crippen LogP contribution in [0, 0.1) is 0 Å². The molecule has 0 bridgehead atoms. The van der Waals surface area contributed by atoms with Crippen LogP contribution in [0.15, 0.2) is 60.9 Å². The normalized spacial score (nSPS) is 18.0. The van der Waals surface area contributed by atoms with Gasteiger partial charge >= 0.3 is 7.12 Å². The van der Waals surface area contributed by atoms with E-state index in [-0.39, 0.29) is 0 Å². The fourth-order valence-electron chi connectivity index (χ4n) is 3.25. The minimum absolute atomic E-state index is 0.406. The van der Waals surface area contributed by atoms with Crippen molar-refractivity contribution in [3.05, 3.63) is 66.5 Å². The lowest BCUT2D eigenvalue weighted by atomic mass is 9.75. The molecule has 0 radical (unpaired) electrons. The molecule has 1 saturated heterocycles. The lowest BCUT2D eigenvalue weighted by Gasteiger charge is -2.32. The maximum absolute atomic E-state index is 6.34. The largest absolute Gasteiger partial charge is 0.499 e. The van der Waals surface area contributed by atoms with Crippen LogP contribution in [0.4, 0.5) is 0 Å². The lowest BCUT2D eigenvalue weighted by Crippen LogP contribution is -2.41. The minimum atomic E-state index is -0.478. The van der Waals surface area contributed by atoms with Crippen molar-refractivity contribution in [2.75, 3.05) is 0 Å². The summed E-state index contributed by atoms with van der Waals surface area (Å²) in [6.07, 6.45) is 3.54. The Morgan fingerprint density at radius 3 is 2.26 bits per heavy atom. The molecule has 4 nitrogen and oxygen atoms in total. The van der Waals surface area contributed by atoms with Crippen LogP contribution in [0.5, 0.6) is 5.75 Å². The van der Waals surface area contributed by atoms with Gasteiger partial charge in [-0.1, -0.05) is 30.3 Å². The van der Waals surface area contributed by atoms with Crippen molar-refractivity contribution < 1.29 is 14.0 Å². The Bertz CT molecular complexity index is 940. The number of nitrogens with zero attached hydrogens (tertiary/aromatic N) is 1. The van der Waals surface area contributed by atoms with Crippen molar-refractivity contribution in [1.82, 2.24) is 4.98 Å². The molecule has 1 aliphatic rings. The summed E-state index contributed by atoms with van der Waals surface area (Å²) in [7, 11) is -0.478. The summed E-state index contributed by atoms with van der Waals surface area (Å²) in [6.45, 7) is 8.73. The second kappa shape index (κ2) is 6.66. The van der Waals surface area contributed by atoms with Gasteiger partial charge in [0, 0.05) is 17.9 Å². The monoisotopic (exact) mass is 361 g/mol. The molecule has 0 N–H and O–H groups in total. The first-order chi connectivity index (χ1) is 12.9. The zero-order valence-electron chi connectivity index (χ0n) is 16.2. The zero-order chi connectivity index (χ0) is 19.1. The van der Waals surface area contributed by atoms with Crippen molar-refractivity contribution in [2.45, 2.75) is 45.5 Å². The molecule has 5 heteroatoms. The molecule has 0 atom stereocenters. The Morgan fingerprint density at radius 1 is 0.889 bits per heavy atom. The van der Waals surface area contributed by atoms with E-state index in [1.807, 2.05) is 30.3 Å². The van der Waals surface area contributed by atoms with Gasteiger partial charge in [0.05, 0.1) is 11.2 Å². The van der Waals surface area contributed by atoms with Crippen LogP contribution in [0.25, 0.3) is 10.8 Å². The highest BCUT2D eigenvalue weighted by Gasteiger charge is 2.52. The summed E-state index contributed by atoms with van der Waals surface area (Å²) in [5, 5.41) is 2.22. The van der Waals surface area contributed by atoms with E-state index < -0.39 is 18.3 Å². The second-order valence-corrected chi connectivity index (χ2v) is 7.93. The molecule has 0 aliphatic carbocycles. The maximum Gasteiger partial charge on any atom is 0.499 e. The topological polar surface area (TPSA) is 40.6 Å². The molecular weight excluding hydrogens is 337 g/mol. The number of hydrogen-bond acceptors (Lipinski definition) is 4. The number of benzene rings is 2. The van der Waals surface area contributed by atoms with Gasteiger partial charge in [-0.3, -0.25) is 4.98 Å². The molecule has 2 heterocycles. The summed E-state index contributed by atoms with van der Waals surface area (Å²) in [6, 6.07) is 16.2. The van der Waals surface area contributed by atoms with E-state index >= 15 is 0 Å². The number of pyridine rings is 1. The minimum Gasteiger partial charge on any atom is -0.489 e. The van der Waals surface area contributed by atoms with E-state index in [0.717, 1.165) is 27.5 Å². The third kappa shape index (κ3) is 3.33. The van der Waals surface area contributed by atoms with E-state index in [0.29, 0.717) is 6.61 Å². The molecule has 4 rings (SSSR count). The van der Waals surface area contributed by atoms with E-state index in [9.17, 15) is 0 Å². The molecule has 1 fully saturated rings. The fraction of sp³-hybridized carbons (Fsp3) is 0.318. The van der Waals surface area contributed by atoms with Gasteiger partial charge in [-0.05, 0) is 62.2 Å². The SMILES string of the molecule is CC1(C)OB(c2c(OCc3ccncc3)ccc3ccccc23)OC1(C)C. The number of rotatable bonds is 4. The predicted molar refractivity (Wildman–Crippen MR) is 108 cm³/mol. The van der Waals surface area contributed by atoms with Crippen LogP contribution in [-0.4, -0.2) is 23.3 Å². The number of fused-ring (bicyclic) bond motifs is 1. The van der Waals surface area contributed by atoms with Crippen LogP contribution in [0.1, 0.15) is 33.3 Å². The Hall–Kier alpha value is -2.37. The van der Waals surface area contributed by atoms with Gasteiger partial charge in [0.25, 0.3) is 0 Å². The van der Waals surface area contributed by atoms with E-state index in [1.165, 1.54) is 0 Å². The van der Waals surface area contributed by atoms with E-state index in [1.54, 1.807) is 12.4 Å². The molecule has 0 saturated carbocycles. The summed E-state index contributed by atoms with van der Waals surface area (Å²) < 4.78 is 18.9. The highest BCUT2D eigenvalue weighted by atomic mass is 16.7. The number of hydrogen-bond donors (Lipinski definition) is 0. The highest BCUT2D eigenvalue weighted by Crippen LogP contribution is 2.38. The summed E-state index contributed by atoms with van der Waals surface area (Å²) in [5.41, 5.74) is 1.20. The molecule has 1 aliphatic heterocycles. The quantitative estimate of drug-likeness (QED) is 0.656. The maximum atomic E-state index is 6.34. The van der Waals surface area contributed by atoms with Crippen molar-refractivity contribution in [3.8, 4) is 5.75 Å². The Morgan fingerprint density at radius 2 is 1.56 bits per heavy atom. The van der Waals surface area contributed by atoms with Gasteiger partial charge in [0.2, 0.25) is 0 Å². The van der Waals surface area contributed by atoms with Gasteiger partial charge in [0.1, 0.15) is 12.4 Å². The Kier molecular flexibility index (Phi) is 4.45. The van der Waals surface area contributed by atoms with Crippen LogP contribution in [0.3, 0.4) is 0 Å².